The van der Waals surface area contributed by atoms with Gasteiger partial charge in [-0.05, 0) is 36.9 Å². The van der Waals surface area contributed by atoms with Gasteiger partial charge in [0.25, 0.3) is 0 Å². The van der Waals surface area contributed by atoms with Gasteiger partial charge in [0.1, 0.15) is 0 Å². The zero-order chi connectivity index (χ0) is 12.3. The Balaban J connectivity index is 0.00000162. The molecule has 2 N–H and O–H groups in total. The molecule has 4 heteroatoms. The number of nitrogens with two attached hydrogens (primary N) is 1. The lowest BCUT2D eigenvalue weighted by Gasteiger charge is -2.25. The van der Waals surface area contributed by atoms with Crippen LogP contribution < -0.4 is 5.73 Å². The molecular formula is C14H21ClN2O. The van der Waals surface area contributed by atoms with Crippen molar-refractivity contribution < 1.29 is 4.79 Å². The molecule has 1 aromatic carbocycles. The van der Waals surface area contributed by atoms with Crippen molar-refractivity contribution >= 4 is 18.3 Å². The monoisotopic (exact) mass is 268 g/mol. The van der Waals surface area contributed by atoms with E-state index in [1.54, 1.807) is 0 Å². The fraction of sp³-hybridized carbons (Fsp3) is 0.500. The number of fused-ring (bicyclic) bond motifs is 1. The standard InChI is InChI=1S/C14H20N2O.ClH/c1-16(14(17)7-4-10-15)13-9-8-11-5-2-3-6-12(11)13;/h2-3,5-6,13H,4,7-10,15H2,1H3;1H. The number of carbonyl (C=O) groups excluding carboxylic acids is 1. The Bertz CT molecular complexity index is 409. The number of rotatable bonds is 4. The molecule has 1 aliphatic rings. The molecule has 0 saturated carbocycles. The summed E-state index contributed by atoms with van der Waals surface area (Å²) in [6, 6.07) is 8.68. The topological polar surface area (TPSA) is 46.3 Å². The second-order valence-corrected chi connectivity index (χ2v) is 4.65. The average molecular weight is 269 g/mol. The van der Waals surface area contributed by atoms with E-state index < -0.39 is 0 Å². The molecule has 18 heavy (non-hydrogen) atoms. The van der Waals surface area contributed by atoms with Crippen LogP contribution in [0.1, 0.15) is 36.4 Å². The molecule has 0 bridgehead atoms. The van der Waals surface area contributed by atoms with Gasteiger partial charge >= 0.3 is 0 Å². The minimum Gasteiger partial charge on any atom is -0.339 e. The van der Waals surface area contributed by atoms with Crippen molar-refractivity contribution in [1.82, 2.24) is 4.90 Å². The Morgan fingerprint density at radius 1 is 1.44 bits per heavy atom. The molecule has 0 aromatic heterocycles. The van der Waals surface area contributed by atoms with Crippen molar-refractivity contribution in [2.24, 2.45) is 5.73 Å². The van der Waals surface area contributed by atoms with E-state index >= 15 is 0 Å². The normalized spacial score (nSPS) is 16.9. The molecule has 1 amide bonds. The Morgan fingerprint density at radius 2 is 2.17 bits per heavy atom. The Hall–Kier alpha value is -1.06. The van der Waals surface area contributed by atoms with Crippen LogP contribution in [0.3, 0.4) is 0 Å². The van der Waals surface area contributed by atoms with Crippen molar-refractivity contribution in [3.05, 3.63) is 35.4 Å². The van der Waals surface area contributed by atoms with Crippen LogP contribution >= 0.6 is 12.4 Å². The van der Waals surface area contributed by atoms with Gasteiger partial charge in [-0.1, -0.05) is 24.3 Å². The summed E-state index contributed by atoms with van der Waals surface area (Å²) in [6.07, 6.45) is 3.46. The molecule has 0 saturated heterocycles. The van der Waals surface area contributed by atoms with Gasteiger partial charge in [-0.25, -0.2) is 0 Å². The minimum atomic E-state index is 0. The number of nitrogens with zero attached hydrogens (tertiary/aromatic N) is 1. The highest BCUT2D eigenvalue weighted by atomic mass is 35.5. The van der Waals surface area contributed by atoms with Gasteiger partial charge in [0, 0.05) is 13.5 Å². The maximum Gasteiger partial charge on any atom is 0.222 e. The van der Waals surface area contributed by atoms with Crippen molar-refractivity contribution in [3.63, 3.8) is 0 Å². The average Bonchev–Trinajstić information content (AvgIpc) is 2.78. The molecule has 0 fully saturated rings. The van der Waals surface area contributed by atoms with Crippen molar-refractivity contribution in [2.45, 2.75) is 31.7 Å². The van der Waals surface area contributed by atoms with Gasteiger partial charge in [0.05, 0.1) is 6.04 Å². The molecule has 1 unspecified atom stereocenters. The van der Waals surface area contributed by atoms with E-state index in [-0.39, 0.29) is 24.4 Å². The summed E-state index contributed by atoms with van der Waals surface area (Å²) in [5.74, 6) is 0.206. The van der Waals surface area contributed by atoms with Crippen LogP contribution in [0.2, 0.25) is 0 Å². The molecule has 1 aliphatic carbocycles. The molecule has 1 atom stereocenters. The Kier molecular flexibility index (Phi) is 5.63. The van der Waals surface area contributed by atoms with Crippen LogP contribution in [0.5, 0.6) is 0 Å². The molecular weight excluding hydrogens is 248 g/mol. The largest absolute Gasteiger partial charge is 0.339 e. The van der Waals surface area contributed by atoms with Crippen LogP contribution in [-0.4, -0.2) is 24.4 Å². The van der Waals surface area contributed by atoms with Crippen molar-refractivity contribution in [2.75, 3.05) is 13.6 Å². The lowest BCUT2D eigenvalue weighted by molar-refractivity contribution is -0.132. The van der Waals surface area contributed by atoms with E-state index in [0.717, 1.165) is 19.3 Å². The second-order valence-electron chi connectivity index (χ2n) is 4.65. The first-order valence-corrected chi connectivity index (χ1v) is 6.27. The summed E-state index contributed by atoms with van der Waals surface area (Å²) in [5.41, 5.74) is 8.14. The zero-order valence-electron chi connectivity index (χ0n) is 10.8. The zero-order valence-corrected chi connectivity index (χ0v) is 11.6. The number of carbonyl (C=O) groups is 1. The highest BCUT2D eigenvalue weighted by Crippen LogP contribution is 2.34. The van der Waals surface area contributed by atoms with E-state index in [2.05, 4.69) is 24.3 Å². The number of aryl methyl sites for hydroxylation is 1. The summed E-state index contributed by atoms with van der Waals surface area (Å²) in [4.78, 5) is 13.9. The van der Waals surface area contributed by atoms with Gasteiger partial charge in [-0.15, -0.1) is 12.4 Å². The molecule has 0 heterocycles. The van der Waals surface area contributed by atoms with Crippen molar-refractivity contribution in [3.8, 4) is 0 Å². The number of benzene rings is 1. The molecule has 100 valence electrons. The minimum absolute atomic E-state index is 0. The molecule has 1 aromatic rings. The summed E-state index contributed by atoms with van der Waals surface area (Å²) in [5, 5.41) is 0. The van der Waals surface area contributed by atoms with Crippen LogP contribution in [0.15, 0.2) is 24.3 Å². The first-order valence-electron chi connectivity index (χ1n) is 6.27. The maximum absolute atomic E-state index is 12.0. The first kappa shape index (κ1) is 15.0. The molecule has 0 aliphatic heterocycles. The fourth-order valence-corrected chi connectivity index (χ4v) is 2.54. The molecule has 0 radical (unpaired) electrons. The summed E-state index contributed by atoms with van der Waals surface area (Å²) in [6.45, 7) is 0.584. The lowest BCUT2D eigenvalue weighted by Crippen LogP contribution is -2.30. The van der Waals surface area contributed by atoms with E-state index in [0.29, 0.717) is 13.0 Å². The smallest absolute Gasteiger partial charge is 0.222 e. The van der Waals surface area contributed by atoms with Crippen molar-refractivity contribution in [1.29, 1.82) is 0 Å². The second kappa shape index (κ2) is 6.76. The van der Waals surface area contributed by atoms with Gasteiger partial charge in [0.15, 0.2) is 0 Å². The first-order chi connectivity index (χ1) is 8.24. The number of amides is 1. The Morgan fingerprint density at radius 3 is 2.89 bits per heavy atom. The fourth-order valence-electron chi connectivity index (χ4n) is 2.54. The quantitative estimate of drug-likeness (QED) is 0.911. The summed E-state index contributed by atoms with van der Waals surface area (Å²) < 4.78 is 0. The summed E-state index contributed by atoms with van der Waals surface area (Å²) in [7, 11) is 1.91. The third kappa shape index (κ3) is 3.03. The van der Waals surface area contributed by atoms with Crippen LogP contribution in [0.4, 0.5) is 0 Å². The number of hydrogen-bond acceptors (Lipinski definition) is 2. The van der Waals surface area contributed by atoms with Gasteiger partial charge in [-0.3, -0.25) is 4.79 Å². The molecule has 3 nitrogen and oxygen atoms in total. The predicted octanol–water partition coefficient (Wildman–Crippen LogP) is 2.29. The predicted molar refractivity (Wildman–Crippen MR) is 75.8 cm³/mol. The van der Waals surface area contributed by atoms with Gasteiger partial charge in [0.2, 0.25) is 5.91 Å². The highest BCUT2D eigenvalue weighted by Gasteiger charge is 2.27. The van der Waals surface area contributed by atoms with E-state index in [4.69, 9.17) is 5.73 Å². The van der Waals surface area contributed by atoms with Gasteiger partial charge in [-0.2, -0.15) is 0 Å². The molecule has 2 rings (SSSR count). The number of halogens is 1. The summed E-state index contributed by atoms with van der Waals surface area (Å²) >= 11 is 0. The lowest BCUT2D eigenvalue weighted by atomic mass is 10.1. The maximum atomic E-state index is 12.0. The van der Waals surface area contributed by atoms with E-state index in [9.17, 15) is 4.79 Å². The molecule has 0 spiro atoms. The van der Waals surface area contributed by atoms with Crippen LogP contribution in [0, 0.1) is 0 Å². The third-order valence-corrected chi connectivity index (χ3v) is 3.56. The van der Waals surface area contributed by atoms with Crippen LogP contribution in [0.25, 0.3) is 0 Å². The highest BCUT2D eigenvalue weighted by molar-refractivity contribution is 5.85. The van der Waals surface area contributed by atoms with E-state index in [1.165, 1.54) is 11.1 Å². The van der Waals surface area contributed by atoms with Gasteiger partial charge < -0.3 is 10.6 Å². The third-order valence-electron chi connectivity index (χ3n) is 3.56. The van der Waals surface area contributed by atoms with E-state index in [1.807, 2.05) is 11.9 Å². The van der Waals surface area contributed by atoms with Crippen LogP contribution in [-0.2, 0) is 11.2 Å². The number of hydrogen-bond donors (Lipinski definition) is 1. The Labute approximate surface area is 115 Å². The SMILES string of the molecule is CN(C(=O)CCCN)C1CCc2ccccc21.Cl.